The molecule has 0 aliphatic heterocycles. The summed E-state index contributed by atoms with van der Waals surface area (Å²) in [5.41, 5.74) is 13.8. The van der Waals surface area contributed by atoms with Crippen molar-refractivity contribution in [1.82, 2.24) is 0 Å². The third-order valence-corrected chi connectivity index (χ3v) is 12.9. The van der Waals surface area contributed by atoms with E-state index in [0.29, 0.717) is 0 Å². The Morgan fingerprint density at radius 2 is 0.810 bits per heavy atom. The third-order valence-electron chi connectivity index (χ3n) is 12.9. The minimum absolute atomic E-state index is 0.853. The first-order chi connectivity index (χ1) is 31.3. The number of fused-ring (bicyclic) bond motifs is 11. The second kappa shape index (κ2) is 14.1. The van der Waals surface area contributed by atoms with E-state index in [1.54, 1.807) is 0 Å². The van der Waals surface area contributed by atoms with Gasteiger partial charge in [-0.15, -0.1) is 0 Å². The van der Waals surface area contributed by atoms with Crippen LogP contribution in [-0.4, -0.2) is 0 Å². The number of para-hydroxylation sites is 1. The number of rotatable bonds is 6. The van der Waals surface area contributed by atoms with Crippen LogP contribution in [0, 0.1) is 0 Å². The van der Waals surface area contributed by atoms with Crippen LogP contribution in [0.5, 0.6) is 0 Å². The Balaban J connectivity index is 1.02. The van der Waals surface area contributed by atoms with Crippen molar-refractivity contribution in [2.45, 2.75) is 0 Å². The predicted molar refractivity (Wildman–Crippen MR) is 265 cm³/mol. The van der Waals surface area contributed by atoms with Gasteiger partial charge in [0.25, 0.3) is 0 Å². The monoisotopic (exact) mass is 803 g/mol. The van der Waals surface area contributed by atoms with Crippen molar-refractivity contribution in [1.29, 1.82) is 0 Å². The van der Waals surface area contributed by atoms with Crippen molar-refractivity contribution >= 4 is 93.3 Å². The molecule has 13 rings (SSSR count). The van der Waals surface area contributed by atoms with Gasteiger partial charge in [0.1, 0.15) is 22.3 Å². The molecule has 0 saturated heterocycles. The fourth-order valence-corrected chi connectivity index (χ4v) is 10.1. The highest BCUT2D eigenvalue weighted by molar-refractivity contribution is 6.22. The van der Waals surface area contributed by atoms with Crippen molar-refractivity contribution in [2.24, 2.45) is 0 Å². The lowest BCUT2D eigenvalue weighted by Crippen LogP contribution is -2.10. The quantitative estimate of drug-likeness (QED) is 0.157. The summed E-state index contributed by atoms with van der Waals surface area (Å²) in [6.07, 6.45) is 0. The lowest BCUT2D eigenvalue weighted by Gasteiger charge is -2.27. The average Bonchev–Trinajstić information content (AvgIpc) is 3.94. The zero-order chi connectivity index (χ0) is 41.4. The highest BCUT2D eigenvalue weighted by atomic mass is 16.3. The zero-order valence-corrected chi connectivity index (χ0v) is 34.1. The summed E-state index contributed by atoms with van der Waals surface area (Å²) in [6, 6.07) is 80.5. The number of nitrogens with zero attached hydrogens (tertiary/aromatic N) is 1. The van der Waals surface area contributed by atoms with Crippen LogP contribution in [0.3, 0.4) is 0 Å². The van der Waals surface area contributed by atoms with E-state index in [9.17, 15) is 0 Å². The van der Waals surface area contributed by atoms with Crippen molar-refractivity contribution in [3.63, 3.8) is 0 Å². The Morgan fingerprint density at radius 3 is 1.51 bits per heavy atom. The number of hydrogen-bond acceptors (Lipinski definition) is 3. The van der Waals surface area contributed by atoms with Gasteiger partial charge in [-0.25, -0.2) is 0 Å². The van der Waals surface area contributed by atoms with E-state index in [0.717, 1.165) is 88.4 Å². The van der Waals surface area contributed by atoms with E-state index < -0.39 is 0 Å². The molecule has 2 heterocycles. The minimum Gasteiger partial charge on any atom is -0.456 e. The van der Waals surface area contributed by atoms with Crippen molar-refractivity contribution in [3.05, 3.63) is 224 Å². The number of anilines is 3. The van der Waals surface area contributed by atoms with Gasteiger partial charge >= 0.3 is 0 Å². The molecule has 0 spiro atoms. The largest absolute Gasteiger partial charge is 0.456 e. The van der Waals surface area contributed by atoms with Crippen LogP contribution in [0.2, 0.25) is 0 Å². The van der Waals surface area contributed by atoms with Gasteiger partial charge in [0.05, 0.1) is 11.1 Å². The Kier molecular flexibility index (Phi) is 7.91. The molecule has 63 heavy (non-hydrogen) atoms. The van der Waals surface area contributed by atoms with Gasteiger partial charge < -0.3 is 13.7 Å². The van der Waals surface area contributed by atoms with E-state index in [1.807, 2.05) is 12.1 Å². The molecular weight excluding hydrogens is 767 g/mol. The van der Waals surface area contributed by atoms with Crippen LogP contribution in [0.1, 0.15) is 0 Å². The summed E-state index contributed by atoms with van der Waals surface area (Å²) in [5.74, 6) is 0. The zero-order valence-electron chi connectivity index (χ0n) is 34.1. The first-order valence-electron chi connectivity index (χ1n) is 21.5. The number of furan rings is 2. The third kappa shape index (κ3) is 5.53. The van der Waals surface area contributed by atoms with Gasteiger partial charge in [-0.3, -0.25) is 0 Å². The van der Waals surface area contributed by atoms with Gasteiger partial charge in [-0.05, 0) is 115 Å². The van der Waals surface area contributed by atoms with E-state index in [4.69, 9.17) is 8.83 Å². The molecular formula is C60H37NO2. The molecule has 0 fully saturated rings. The van der Waals surface area contributed by atoms with Crippen LogP contribution < -0.4 is 4.90 Å². The molecule has 0 atom stereocenters. The molecule has 0 amide bonds. The van der Waals surface area contributed by atoms with Crippen LogP contribution in [0.15, 0.2) is 233 Å². The summed E-state index contributed by atoms with van der Waals surface area (Å²) in [6.45, 7) is 0. The second-order valence-electron chi connectivity index (χ2n) is 16.3. The Labute approximate surface area is 363 Å². The second-order valence-corrected chi connectivity index (χ2v) is 16.3. The van der Waals surface area contributed by atoms with Gasteiger partial charge in [-0.1, -0.05) is 170 Å². The standard InChI is InChI=1S/C60H37NO2/c1-2-15-40(16-3-1)56-48-20-8-6-18-46(48)47-19-7-9-21-49(47)57(56)41-30-35-43(36-31-41)61(52-24-13-27-55-59(52)51-37-32-38-14-4-5-17-45(38)60(51)63-55)42-33-28-39(29-34-42)44-23-12-26-54-58(44)50-22-10-11-25-53(50)62-54/h1-37H. The fraction of sp³-hybridized carbons (Fsp3) is 0. The highest BCUT2D eigenvalue weighted by Crippen LogP contribution is 2.48. The SMILES string of the molecule is c1ccc(-c2c(-c3ccc(N(c4ccc(-c5cccc6oc7ccccc7c56)cc4)c4cccc5oc6c7ccccc7ccc6c45)cc3)c3ccccc3c3ccccc23)cc1. The Hall–Kier alpha value is -8.40. The molecule has 294 valence electrons. The lowest BCUT2D eigenvalue weighted by molar-refractivity contribution is 0.669. The summed E-state index contributed by atoms with van der Waals surface area (Å²) >= 11 is 0. The van der Waals surface area contributed by atoms with E-state index in [2.05, 4.69) is 217 Å². The van der Waals surface area contributed by atoms with E-state index >= 15 is 0 Å². The molecule has 3 heteroatoms. The van der Waals surface area contributed by atoms with Crippen LogP contribution in [0.25, 0.3) is 110 Å². The highest BCUT2D eigenvalue weighted by Gasteiger charge is 2.23. The number of benzene rings is 11. The van der Waals surface area contributed by atoms with E-state index in [-0.39, 0.29) is 0 Å². The van der Waals surface area contributed by atoms with Crippen LogP contribution >= 0.6 is 0 Å². The smallest absolute Gasteiger partial charge is 0.143 e. The molecule has 11 aromatic carbocycles. The van der Waals surface area contributed by atoms with Crippen molar-refractivity contribution in [2.75, 3.05) is 4.90 Å². The van der Waals surface area contributed by atoms with Crippen molar-refractivity contribution in [3.8, 4) is 33.4 Å². The molecule has 0 N–H and O–H groups in total. The molecule has 0 unspecified atom stereocenters. The van der Waals surface area contributed by atoms with Crippen LogP contribution in [-0.2, 0) is 0 Å². The topological polar surface area (TPSA) is 29.5 Å². The summed E-state index contributed by atoms with van der Waals surface area (Å²) in [5, 5.41) is 11.7. The van der Waals surface area contributed by atoms with E-state index in [1.165, 1.54) is 38.2 Å². The maximum Gasteiger partial charge on any atom is 0.143 e. The van der Waals surface area contributed by atoms with Gasteiger partial charge in [0, 0.05) is 32.9 Å². The molecule has 0 saturated carbocycles. The predicted octanol–water partition coefficient (Wildman–Crippen LogP) is 17.4. The first kappa shape index (κ1) is 35.4. The van der Waals surface area contributed by atoms with Gasteiger partial charge in [-0.2, -0.15) is 0 Å². The summed E-state index contributed by atoms with van der Waals surface area (Å²) in [4.78, 5) is 2.38. The Morgan fingerprint density at radius 1 is 0.286 bits per heavy atom. The first-order valence-corrected chi connectivity index (χ1v) is 21.5. The Bertz CT molecular complexity index is 3900. The molecule has 0 aliphatic carbocycles. The molecule has 0 aliphatic rings. The summed E-state index contributed by atoms with van der Waals surface area (Å²) < 4.78 is 13.0. The minimum atomic E-state index is 0.853. The molecule has 0 bridgehead atoms. The molecule has 0 radical (unpaired) electrons. The normalized spacial score (nSPS) is 11.8. The van der Waals surface area contributed by atoms with Gasteiger partial charge in [0.2, 0.25) is 0 Å². The van der Waals surface area contributed by atoms with Crippen LogP contribution in [0.4, 0.5) is 17.1 Å². The molecule has 3 nitrogen and oxygen atoms in total. The maximum atomic E-state index is 6.75. The lowest BCUT2D eigenvalue weighted by atomic mass is 9.85. The van der Waals surface area contributed by atoms with Gasteiger partial charge in [0.15, 0.2) is 0 Å². The molecule has 13 aromatic rings. The summed E-state index contributed by atoms with van der Waals surface area (Å²) in [7, 11) is 0. The fourth-order valence-electron chi connectivity index (χ4n) is 10.1. The number of hydrogen-bond donors (Lipinski definition) is 0. The molecule has 2 aromatic heterocycles. The van der Waals surface area contributed by atoms with Crippen molar-refractivity contribution < 1.29 is 8.83 Å². The maximum absolute atomic E-state index is 6.75. The average molecular weight is 804 g/mol.